The molecule has 0 radical (unpaired) electrons. The first-order valence-corrected chi connectivity index (χ1v) is 7.08. The fraction of sp³-hybridized carbons (Fsp3) is 0.400. The highest BCUT2D eigenvalue weighted by molar-refractivity contribution is 5.80. The molecule has 1 heterocycles. The highest BCUT2D eigenvalue weighted by Gasteiger charge is 2.08. The predicted molar refractivity (Wildman–Crippen MR) is 81.8 cm³/mol. The van der Waals surface area contributed by atoms with Crippen LogP contribution < -0.4 is 10.6 Å². The maximum Gasteiger partial charge on any atom is 0.223 e. The van der Waals surface area contributed by atoms with E-state index in [0.717, 1.165) is 12.5 Å². The lowest BCUT2D eigenvalue weighted by molar-refractivity contribution is 0.387. The number of nitrogens with zero attached hydrogens (tertiary/aromatic N) is 3. The summed E-state index contributed by atoms with van der Waals surface area (Å²) in [7, 11) is 0. The summed E-state index contributed by atoms with van der Waals surface area (Å²) >= 11 is 0. The minimum absolute atomic E-state index is 0.163. The van der Waals surface area contributed by atoms with E-state index >= 15 is 0 Å². The average molecular weight is 287 g/mol. The number of hydrogen-bond donors (Lipinski definition) is 2. The Kier molecular flexibility index (Phi) is 5.31. The molecule has 0 aliphatic carbocycles. The van der Waals surface area contributed by atoms with Crippen LogP contribution in [0.4, 0.5) is 0 Å². The van der Waals surface area contributed by atoms with Gasteiger partial charge in [-0.1, -0.05) is 35.5 Å². The van der Waals surface area contributed by atoms with Crippen molar-refractivity contribution >= 4 is 5.96 Å². The fourth-order valence-corrected chi connectivity index (χ4v) is 1.91. The number of hydrogen-bond acceptors (Lipinski definition) is 4. The monoisotopic (exact) mass is 287 g/mol. The molecule has 0 saturated carbocycles. The second-order valence-corrected chi connectivity index (χ2v) is 4.70. The molecule has 0 aliphatic heterocycles. The predicted octanol–water partition coefficient (Wildman–Crippen LogP) is 2.19. The highest BCUT2D eigenvalue weighted by atomic mass is 16.5. The van der Waals surface area contributed by atoms with Gasteiger partial charge >= 0.3 is 0 Å². The highest BCUT2D eigenvalue weighted by Crippen LogP contribution is 2.10. The molecule has 2 aromatic rings. The molecule has 6 nitrogen and oxygen atoms in total. The number of benzene rings is 1. The summed E-state index contributed by atoms with van der Waals surface area (Å²) in [6, 6.07) is 10.4. The minimum Gasteiger partial charge on any atom is -0.357 e. The molecule has 0 spiro atoms. The number of guanidine groups is 1. The van der Waals surface area contributed by atoms with Crippen LogP contribution >= 0.6 is 0 Å². The molecule has 0 saturated heterocycles. The minimum atomic E-state index is 0.163. The molecule has 2 N–H and O–H groups in total. The lowest BCUT2D eigenvalue weighted by Crippen LogP contribution is -2.38. The molecular formula is C15H21N5O. The molecule has 0 aliphatic rings. The van der Waals surface area contributed by atoms with Gasteiger partial charge in [-0.25, -0.2) is 4.99 Å². The molecule has 112 valence electrons. The van der Waals surface area contributed by atoms with Crippen LogP contribution in [-0.2, 0) is 6.54 Å². The Bertz CT molecular complexity index is 579. The summed E-state index contributed by atoms with van der Waals surface area (Å²) in [6.45, 7) is 7.07. The van der Waals surface area contributed by atoms with Gasteiger partial charge in [-0.05, 0) is 19.4 Å². The topological polar surface area (TPSA) is 75.3 Å². The smallest absolute Gasteiger partial charge is 0.223 e. The third-order valence-corrected chi connectivity index (χ3v) is 2.95. The van der Waals surface area contributed by atoms with Gasteiger partial charge in [0.25, 0.3) is 0 Å². The van der Waals surface area contributed by atoms with Gasteiger partial charge in [0, 0.05) is 13.5 Å². The standard InChI is InChI=1S/C15H21N5O/c1-4-16-15(17-10-14-19-12(3)21-20-14)18-11(2)13-8-6-5-7-9-13/h5-9,11H,4,10H2,1-3H3,(H2,16,17,18). The number of aryl methyl sites for hydroxylation is 1. The molecule has 1 aromatic heterocycles. The molecule has 1 aromatic carbocycles. The summed E-state index contributed by atoms with van der Waals surface area (Å²) in [6.07, 6.45) is 0. The Labute approximate surface area is 124 Å². The quantitative estimate of drug-likeness (QED) is 0.651. The van der Waals surface area contributed by atoms with Gasteiger partial charge in [-0.3, -0.25) is 0 Å². The SMILES string of the molecule is CCNC(=NCc1noc(C)n1)NC(C)c1ccccc1. The van der Waals surface area contributed by atoms with E-state index in [2.05, 4.69) is 44.8 Å². The third-order valence-electron chi connectivity index (χ3n) is 2.95. The number of rotatable bonds is 5. The van der Waals surface area contributed by atoms with Crippen LogP contribution in [0.1, 0.15) is 37.2 Å². The normalized spacial score (nSPS) is 13.0. The Morgan fingerprint density at radius 3 is 2.71 bits per heavy atom. The van der Waals surface area contributed by atoms with Crippen LogP contribution in [0.3, 0.4) is 0 Å². The zero-order valence-electron chi connectivity index (χ0n) is 12.6. The van der Waals surface area contributed by atoms with Gasteiger partial charge in [0.2, 0.25) is 5.89 Å². The summed E-state index contributed by atoms with van der Waals surface area (Å²) in [5.41, 5.74) is 1.21. The Morgan fingerprint density at radius 2 is 2.10 bits per heavy atom. The molecule has 21 heavy (non-hydrogen) atoms. The maximum atomic E-state index is 4.94. The first-order chi connectivity index (χ1) is 10.2. The molecule has 6 heteroatoms. The summed E-state index contributed by atoms with van der Waals surface area (Å²) < 4.78 is 4.94. The number of aliphatic imine (C=N–C) groups is 1. The average Bonchev–Trinajstić information content (AvgIpc) is 2.91. The zero-order chi connectivity index (χ0) is 15.1. The Balaban J connectivity index is 2.01. The van der Waals surface area contributed by atoms with Crippen LogP contribution in [-0.4, -0.2) is 22.6 Å². The van der Waals surface area contributed by atoms with Crippen molar-refractivity contribution in [3.63, 3.8) is 0 Å². The second kappa shape index (κ2) is 7.42. The Morgan fingerprint density at radius 1 is 1.33 bits per heavy atom. The first kappa shape index (κ1) is 15.0. The van der Waals surface area contributed by atoms with Crippen molar-refractivity contribution < 1.29 is 4.52 Å². The summed E-state index contributed by atoms with van der Waals surface area (Å²) in [5.74, 6) is 1.86. The molecule has 0 bridgehead atoms. The van der Waals surface area contributed by atoms with Crippen molar-refractivity contribution in [1.82, 2.24) is 20.8 Å². The van der Waals surface area contributed by atoms with Crippen molar-refractivity contribution in [3.05, 3.63) is 47.6 Å². The lowest BCUT2D eigenvalue weighted by atomic mass is 10.1. The van der Waals surface area contributed by atoms with E-state index in [9.17, 15) is 0 Å². The summed E-state index contributed by atoms with van der Waals surface area (Å²) in [4.78, 5) is 8.61. The van der Waals surface area contributed by atoms with E-state index in [-0.39, 0.29) is 6.04 Å². The van der Waals surface area contributed by atoms with Crippen LogP contribution in [0, 0.1) is 6.92 Å². The van der Waals surface area contributed by atoms with Crippen molar-refractivity contribution in [3.8, 4) is 0 Å². The van der Waals surface area contributed by atoms with Crippen molar-refractivity contribution in [2.24, 2.45) is 4.99 Å². The van der Waals surface area contributed by atoms with E-state index in [4.69, 9.17) is 4.52 Å². The van der Waals surface area contributed by atoms with E-state index in [1.807, 2.05) is 25.1 Å². The second-order valence-electron chi connectivity index (χ2n) is 4.70. The van der Waals surface area contributed by atoms with E-state index in [0.29, 0.717) is 18.3 Å². The van der Waals surface area contributed by atoms with Gasteiger partial charge < -0.3 is 15.2 Å². The van der Waals surface area contributed by atoms with Crippen LogP contribution in [0.5, 0.6) is 0 Å². The van der Waals surface area contributed by atoms with Crippen molar-refractivity contribution in [2.45, 2.75) is 33.4 Å². The van der Waals surface area contributed by atoms with Gasteiger partial charge in [0.05, 0.1) is 6.04 Å². The van der Waals surface area contributed by atoms with Gasteiger partial charge in [0.1, 0.15) is 6.54 Å². The first-order valence-electron chi connectivity index (χ1n) is 7.08. The molecule has 0 amide bonds. The van der Waals surface area contributed by atoms with Crippen molar-refractivity contribution in [2.75, 3.05) is 6.54 Å². The van der Waals surface area contributed by atoms with Crippen LogP contribution in [0.2, 0.25) is 0 Å². The largest absolute Gasteiger partial charge is 0.357 e. The van der Waals surface area contributed by atoms with Crippen LogP contribution in [0.15, 0.2) is 39.8 Å². The van der Waals surface area contributed by atoms with Crippen LogP contribution in [0.25, 0.3) is 0 Å². The van der Waals surface area contributed by atoms with E-state index in [1.54, 1.807) is 6.92 Å². The number of aromatic nitrogens is 2. The zero-order valence-corrected chi connectivity index (χ0v) is 12.6. The third kappa shape index (κ3) is 4.59. The van der Waals surface area contributed by atoms with Crippen molar-refractivity contribution in [1.29, 1.82) is 0 Å². The molecule has 1 atom stereocenters. The molecule has 1 unspecified atom stereocenters. The van der Waals surface area contributed by atoms with Gasteiger partial charge in [-0.2, -0.15) is 4.98 Å². The molecular weight excluding hydrogens is 266 g/mol. The lowest BCUT2D eigenvalue weighted by Gasteiger charge is -2.17. The fourth-order valence-electron chi connectivity index (χ4n) is 1.91. The Hall–Kier alpha value is -2.37. The molecule has 2 rings (SSSR count). The van der Waals surface area contributed by atoms with Gasteiger partial charge in [-0.15, -0.1) is 0 Å². The van der Waals surface area contributed by atoms with E-state index in [1.165, 1.54) is 5.56 Å². The molecule has 0 fully saturated rings. The summed E-state index contributed by atoms with van der Waals surface area (Å²) in [5, 5.41) is 10.4. The maximum absolute atomic E-state index is 4.94. The van der Waals surface area contributed by atoms with Gasteiger partial charge in [0.15, 0.2) is 11.8 Å². The number of nitrogens with one attached hydrogen (secondary N) is 2. The van der Waals surface area contributed by atoms with E-state index < -0.39 is 0 Å².